The number of hydrogen-bond donors (Lipinski definition) is 0. The van der Waals surface area contributed by atoms with E-state index >= 15 is 0 Å². The van der Waals surface area contributed by atoms with Gasteiger partial charge in [0, 0.05) is 73.6 Å². The summed E-state index contributed by atoms with van der Waals surface area (Å²) in [7, 11) is 6.87. The van der Waals surface area contributed by atoms with Gasteiger partial charge in [-0.1, -0.05) is 172 Å². The molecular formula is C134H158N10O6. The van der Waals surface area contributed by atoms with Gasteiger partial charge in [-0.2, -0.15) is 0 Å². The molecule has 780 valence electrons. The highest BCUT2D eigenvalue weighted by Crippen LogP contribution is 2.59. The Morgan fingerprint density at radius 3 is 0.867 bits per heavy atom. The van der Waals surface area contributed by atoms with Crippen LogP contribution in [0.3, 0.4) is 0 Å². The van der Waals surface area contributed by atoms with Gasteiger partial charge in [-0.15, -0.1) is 0 Å². The van der Waals surface area contributed by atoms with Crippen LogP contribution in [0.15, 0.2) is 315 Å². The number of para-hydroxylation sites is 7. The molecule has 0 spiro atoms. The summed E-state index contributed by atoms with van der Waals surface area (Å²) in [4.78, 5) is 24.5. The van der Waals surface area contributed by atoms with Crippen LogP contribution in [0, 0.1) is 13.8 Å². The predicted octanol–water partition coefficient (Wildman–Crippen LogP) is 36.8. The van der Waals surface area contributed by atoms with Gasteiger partial charge in [-0.25, -0.2) is 0 Å². The largest absolute Gasteiger partial charge is 0.496 e. The summed E-state index contributed by atoms with van der Waals surface area (Å²) in [6.45, 7) is 61.0. The molecule has 0 aliphatic carbocycles. The van der Waals surface area contributed by atoms with E-state index < -0.39 is 0 Å². The van der Waals surface area contributed by atoms with E-state index in [4.69, 9.17) is 28.4 Å². The first-order valence-electron chi connectivity index (χ1n) is 53.9. The predicted molar refractivity (Wildman–Crippen MR) is 640 cm³/mol. The molecule has 0 radical (unpaired) electrons. The maximum Gasteiger partial charge on any atom is 0.131 e. The van der Waals surface area contributed by atoms with Crippen molar-refractivity contribution in [2.75, 3.05) is 77.4 Å². The molecule has 5 aliphatic rings. The van der Waals surface area contributed by atoms with Crippen LogP contribution in [0.2, 0.25) is 0 Å². The van der Waals surface area contributed by atoms with Gasteiger partial charge in [0.25, 0.3) is 0 Å². The number of rotatable bonds is 23. The minimum absolute atomic E-state index is 0.0521. The van der Waals surface area contributed by atoms with Crippen molar-refractivity contribution in [1.29, 1.82) is 0 Å². The van der Waals surface area contributed by atoms with Gasteiger partial charge in [-0.3, -0.25) is 0 Å². The standard InChI is InChI=1S/C34H38N2O3.C29H36N2.C27H32N2O.C26H30N2O2.C18H22N2/c1-22(2)35-29-19-17-27(39-26-12-9-8-10-13-26)21-31(29)36(23(3)4)28-18-16-25(20-30(28)35)34-32(37-7)14-11-15-33(34)38-24(5)6;1-19(2)30-26-16-14-23(29(6,7)8)18-28(26)31(20(3)4)25-15-13-22(17-27(25)30)24-12-10-9-11-21(24)5;1-18(2)28-25-14-12-21(23-10-8-7-9-22(23)17-30-6)16-27(25)29(19(3)4)24-13-11-20(5)15-26(24)28;1-17(2)27-20-10-7-8-11-21(20)28(18(3)4)23-16-19(14-15-22(23)27)26-24(29-5)12-9-13-25(26)30-6;1-13(2)19-15-9-5-7-11-17(15)20(14(3)4)18-12-8-6-10-16(18)19/h8-24H,1-7H3;9-20H,1-8H3;7-16,18-19H,17H2,1-6H3;7-18H,1-6H3;5-14H,1-4H3. The van der Waals surface area contributed by atoms with Crippen LogP contribution in [0.25, 0.3) is 44.5 Å². The Hall–Kier alpha value is -14.7. The van der Waals surface area contributed by atoms with Crippen molar-refractivity contribution >= 4 is 114 Å². The first-order valence-corrected chi connectivity index (χ1v) is 53.9. The van der Waals surface area contributed by atoms with Gasteiger partial charge in [-0.05, 0) is 385 Å². The van der Waals surface area contributed by atoms with E-state index in [1.165, 1.54) is 136 Å². The molecule has 15 aromatic rings. The van der Waals surface area contributed by atoms with E-state index in [1.54, 1.807) is 28.4 Å². The van der Waals surface area contributed by atoms with Gasteiger partial charge in [0.2, 0.25) is 0 Å². The summed E-state index contributed by atoms with van der Waals surface area (Å²) in [6.07, 6.45) is 0.0521. The summed E-state index contributed by atoms with van der Waals surface area (Å²) in [6, 6.07) is 116. The summed E-state index contributed by atoms with van der Waals surface area (Å²) in [5, 5.41) is 0. The summed E-state index contributed by atoms with van der Waals surface area (Å²) >= 11 is 0. The van der Waals surface area contributed by atoms with Crippen LogP contribution >= 0.6 is 0 Å². The smallest absolute Gasteiger partial charge is 0.131 e. The maximum absolute atomic E-state index is 6.23. The van der Waals surface area contributed by atoms with Crippen molar-refractivity contribution < 1.29 is 28.4 Å². The average molecular weight is 2000 g/mol. The van der Waals surface area contributed by atoms with Crippen LogP contribution < -0.4 is 72.7 Å². The molecule has 0 fully saturated rings. The Balaban J connectivity index is 0.000000135. The molecule has 16 nitrogen and oxygen atoms in total. The summed E-state index contributed by atoms with van der Waals surface area (Å²) < 4.78 is 35.0. The number of methoxy groups -OCH3 is 4. The monoisotopic (exact) mass is 2000 g/mol. The van der Waals surface area contributed by atoms with Crippen LogP contribution in [0.1, 0.15) is 195 Å². The van der Waals surface area contributed by atoms with Gasteiger partial charge in [0.05, 0.1) is 159 Å². The lowest BCUT2D eigenvalue weighted by Crippen LogP contribution is -2.37. The molecule has 0 bridgehead atoms. The molecule has 20 rings (SSSR count). The minimum atomic E-state index is 0.0521. The normalized spacial score (nSPS) is 13.1. The Kier molecular flexibility index (Phi) is 33.2. The number of anilines is 20. The molecule has 0 aromatic heterocycles. The SMILES string of the molecule is CC(C)N1c2ccccc2N(C(C)C)c2ccccc21.COCc1ccccc1-c1ccc2c(c1)N(C(C)C)c1ccc(C)cc1N2C(C)C.COc1cccc(OC(C)C)c1-c1ccc2c(c1)N(C(C)C)c1ccc(Oc3ccccc3)cc1N2C(C)C.COc1cccc(OC)c1-c1ccc2c(c1)N(C(C)C)c1ccccc1N2C(C)C.Cc1ccccc1-c1ccc2c(c1)N(C(C)C)c1ccc(C(C)(C)C)cc1N2C(C)C. The number of fused-ring (bicyclic) bond motifs is 10. The zero-order chi connectivity index (χ0) is 107. The first-order chi connectivity index (χ1) is 71.9. The second-order valence-electron chi connectivity index (χ2n) is 43.9. The molecule has 5 aliphatic heterocycles. The van der Waals surface area contributed by atoms with E-state index in [2.05, 4.69) is 471 Å². The fourth-order valence-corrected chi connectivity index (χ4v) is 22.2. The third kappa shape index (κ3) is 21.9. The molecule has 0 saturated heterocycles. The van der Waals surface area contributed by atoms with Crippen LogP contribution in [-0.4, -0.2) is 95.0 Å². The van der Waals surface area contributed by atoms with Gasteiger partial charge in [0.15, 0.2) is 0 Å². The Bertz CT molecular complexity index is 7110. The lowest BCUT2D eigenvalue weighted by molar-refractivity contribution is 0.185. The first kappa shape index (κ1) is 108. The highest BCUT2D eigenvalue weighted by atomic mass is 16.5. The van der Waals surface area contributed by atoms with Crippen molar-refractivity contribution in [3.05, 3.63) is 338 Å². The van der Waals surface area contributed by atoms with Crippen LogP contribution in [-0.2, 0) is 16.8 Å². The van der Waals surface area contributed by atoms with Gasteiger partial charge < -0.3 is 77.4 Å². The summed E-state index contributed by atoms with van der Waals surface area (Å²) in [5.41, 5.74) is 39.4. The molecule has 0 N–H and O–H groups in total. The molecular weight excluding hydrogens is 1850 g/mol. The highest BCUT2D eigenvalue weighted by Gasteiger charge is 2.40. The molecule has 0 unspecified atom stereocenters. The van der Waals surface area contributed by atoms with Gasteiger partial charge in [0.1, 0.15) is 34.5 Å². The fourth-order valence-electron chi connectivity index (χ4n) is 22.2. The van der Waals surface area contributed by atoms with Crippen molar-refractivity contribution in [2.24, 2.45) is 0 Å². The fraction of sp³-hybridized carbons (Fsp3) is 0.328. The van der Waals surface area contributed by atoms with E-state index in [0.29, 0.717) is 54.9 Å². The molecule has 0 atom stereocenters. The highest BCUT2D eigenvalue weighted by molar-refractivity contribution is 6.02. The number of benzene rings is 15. The lowest BCUT2D eigenvalue weighted by Gasteiger charge is -2.44. The number of hydrogen-bond acceptors (Lipinski definition) is 16. The Morgan fingerprint density at radius 1 is 0.227 bits per heavy atom. The van der Waals surface area contributed by atoms with E-state index in [1.807, 2.05) is 80.6 Å². The third-order valence-electron chi connectivity index (χ3n) is 28.5. The molecule has 16 heteroatoms. The molecule has 15 aromatic carbocycles. The summed E-state index contributed by atoms with van der Waals surface area (Å²) in [5.74, 6) is 4.87. The van der Waals surface area contributed by atoms with Crippen molar-refractivity contribution in [2.45, 2.75) is 265 Å². The van der Waals surface area contributed by atoms with Crippen molar-refractivity contribution in [3.63, 3.8) is 0 Å². The Morgan fingerprint density at radius 2 is 0.507 bits per heavy atom. The Labute approximate surface area is 896 Å². The molecule has 0 amide bonds. The topological polar surface area (TPSA) is 87.8 Å². The minimum Gasteiger partial charge on any atom is -0.496 e. The number of ether oxygens (including phenoxy) is 6. The van der Waals surface area contributed by atoms with E-state index in [9.17, 15) is 0 Å². The second-order valence-corrected chi connectivity index (χ2v) is 43.9. The average Bonchev–Trinajstić information content (AvgIpc) is 0.755. The zero-order valence-electron chi connectivity index (χ0n) is 94.5. The van der Waals surface area contributed by atoms with Crippen molar-refractivity contribution in [1.82, 2.24) is 0 Å². The number of aryl methyl sites for hydroxylation is 2. The van der Waals surface area contributed by atoms with E-state index in [0.717, 1.165) is 79.5 Å². The van der Waals surface area contributed by atoms with Crippen molar-refractivity contribution in [3.8, 4) is 79.0 Å². The second kappa shape index (κ2) is 46.2. The lowest BCUT2D eigenvalue weighted by atomic mass is 9.85. The zero-order valence-corrected chi connectivity index (χ0v) is 94.5. The quantitative estimate of drug-likeness (QED) is 0.0608. The molecule has 0 saturated carbocycles. The maximum atomic E-state index is 6.23. The van der Waals surface area contributed by atoms with E-state index in [-0.39, 0.29) is 23.6 Å². The molecule has 150 heavy (non-hydrogen) atoms. The molecule has 5 heterocycles. The van der Waals surface area contributed by atoms with Crippen LogP contribution in [0.4, 0.5) is 114 Å². The van der Waals surface area contributed by atoms with Crippen LogP contribution in [0.5, 0.6) is 34.5 Å². The van der Waals surface area contributed by atoms with Gasteiger partial charge >= 0.3 is 0 Å². The third-order valence-corrected chi connectivity index (χ3v) is 28.5. The number of nitrogens with zero attached hydrogens (tertiary/aromatic N) is 10.